The molecule has 1 amide bonds. The molecule has 0 bridgehead atoms. The zero-order valence-electron chi connectivity index (χ0n) is 14.7. The molecule has 1 heterocycles. The Labute approximate surface area is 135 Å². The molecule has 5 heteroatoms. The van der Waals surface area contributed by atoms with E-state index in [1.54, 1.807) is 0 Å². The molecule has 1 saturated heterocycles. The van der Waals surface area contributed by atoms with Crippen LogP contribution in [0.15, 0.2) is 0 Å². The van der Waals surface area contributed by atoms with Crippen molar-refractivity contribution in [2.45, 2.75) is 71.1 Å². The summed E-state index contributed by atoms with van der Waals surface area (Å²) in [5.74, 6) is 0. The van der Waals surface area contributed by atoms with Crippen molar-refractivity contribution in [2.24, 2.45) is 0 Å². The molecular formula is C17H33N3O2. The summed E-state index contributed by atoms with van der Waals surface area (Å²) in [7, 11) is 0. The van der Waals surface area contributed by atoms with Crippen LogP contribution in [0.4, 0.5) is 4.79 Å². The minimum atomic E-state index is -0.422. The SMILES string of the molecule is CCN1CCN([C@@H]2CCC[C@@H](NC(=O)OC(C)(C)C)C2)CC1. The number of carbonyl (C=O) groups is 1. The maximum Gasteiger partial charge on any atom is 0.407 e. The monoisotopic (exact) mass is 311 g/mol. The molecule has 0 radical (unpaired) electrons. The van der Waals surface area contributed by atoms with Crippen LogP contribution < -0.4 is 5.32 Å². The quantitative estimate of drug-likeness (QED) is 0.869. The van der Waals surface area contributed by atoms with Crippen LogP contribution >= 0.6 is 0 Å². The van der Waals surface area contributed by atoms with Gasteiger partial charge in [0.05, 0.1) is 0 Å². The van der Waals surface area contributed by atoms with Crippen molar-refractivity contribution < 1.29 is 9.53 Å². The van der Waals surface area contributed by atoms with Crippen LogP contribution in [0.3, 0.4) is 0 Å². The molecule has 0 spiro atoms. The molecular weight excluding hydrogens is 278 g/mol. The van der Waals surface area contributed by atoms with Gasteiger partial charge in [-0.2, -0.15) is 0 Å². The van der Waals surface area contributed by atoms with E-state index in [9.17, 15) is 4.79 Å². The van der Waals surface area contributed by atoms with Gasteiger partial charge in [0.2, 0.25) is 0 Å². The molecule has 2 aliphatic rings. The highest BCUT2D eigenvalue weighted by Crippen LogP contribution is 2.24. The Hall–Kier alpha value is -0.810. The molecule has 0 aromatic rings. The van der Waals surface area contributed by atoms with Gasteiger partial charge >= 0.3 is 6.09 Å². The minimum Gasteiger partial charge on any atom is -0.444 e. The molecule has 1 aliphatic heterocycles. The largest absolute Gasteiger partial charge is 0.444 e. The summed E-state index contributed by atoms with van der Waals surface area (Å²) in [4.78, 5) is 17.1. The highest BCUT2D eigenvalue weighted by atomic mass is 16.6. The fourth-order valence-electron chi connectivity index (χ4n) is 3.55. The van der Waals surface area contributed by atoms with Crippen molar-refractivity contribution in [1.29, 1.82) is 0 Å². The summed E-state index contributed by atoms with van der Waals surface area (Å²) in [5.41, 5.74) is -0.422. The molecule has 2 atom stereocenters. The van der Waals surface area contributed by atoms with Crippen molar-refractivity contribution in [2.75, 3.05) is 32.7 Å². The fourth-order valence-corrected chi connectivity index (χ4v) is 3.55. The van der Waals surface area contributed by atoms with Gasteiger partial charge in [0.1, 0.15) is 5.60 Å². The molecule has 2 rings (SSSR count). The Morgan fingerprint density at radius 1 is 1.18 bits per heavy atom. The first kappa shape index (κ1) is 17.5. The van der Waals surface area contributed by atoms with E-state index in [1.165, 1.54) is 25.9 Å². The maximum absolute atomic E-state index is 11.9. The predicted molar refractivity (Wildman–Crippen MR) is 89.1 cm³/mol. The van der Waals surface area contributed by atoms with Crippen molar-refractivity contribution in [3.8, 4) is 0 Å². The van der Waals surface area contributed by atoms with Crippen molar-refractivity contribution >= 4 is 6.09 Å². The number of piperazine rings is 1. The first-order valence-corrected chi connectivity index (χ1v) is 8.83. The lowest BCUT2D eigenvalue weighted by Gasteiger charge is -2.42. The number of nitrogens with zero attached hydrogens (tertiary/aromatic N) is 2. The third-order valence-electron chi connectivity index (χ3n) is 4.74. The van der Waals surface area contributed by atoms with Gasteiger partial charge < -0.3 is 15.0 Å². The van der Waals surface area contributed by atoms with Crippen LogP contribution in [-0.2, 0) is 4.74 Å². The summed E-state index contributed by atoms with van der Waals surface area (Å²) in [6.07, 6.45) is 4.32. The van der Waals surface area contributed by atoms with Crippen LogP contribution in [0.5, 0.6) is 0 Å². The predicted octanol–water partition coefficient (Wildman–Crippen LogP) is 2.46. The number of hydrogen-bond acceptors (Lipinski definition) is 4. The Morgan fingerprint density at radius 3 is 2.45 bits per heavy atom. The Bertz CT molecular complexity index is 359. The Morgan fingerprint density at radius 2 is 1.86 bits per heavy atom. The second-order valence-electron chi connectivity index (χ2n) is 7.63. The first-order valence-electron chi connectivity index (χ1n) is 8.83. The summed E-state index contributed by atoms with van der Waals surface area (Å²) < 4.78 is 5.38. The van der Waals surface area contributed by atoms with E-state index < -0.39 is 5.60 Å². The van der Waals surface area contributed by atoms with Gasteiger partial charge in [-0.25, -0.2) is 4.79 Å². The number of ether oxygens (including phenoxy) is 1. The molecule has 1 aliphatic carbocycles. The average molecular weight is 311 g/mol. The number of likely N-dealkylation sites (N-methyl/N-ethyl adjacent to an activating group) is 1. The highest BCUT2D eigenvalue weighted by Gasteiger charge is 2.30. The molecule has 0 unspecified atom stereocenters. The van der Waals surface area contributed by atoms with E-state index in [2.05, 4.69) is 22.0 Å². The lowest BCUT2D eigenvalue weighted by atomic mass is 9.89. The number of nitrogens with one attached hydrogen (secondary N) is 1. The molecule has 1 N–H and O–H groups in total. The van der Waals surface area contributed by atoms with Gasteiger partial charge in [-0.3, -0.25) is 4.90 Å². The second-order valence-corrected chi connectivity index (χ2v) is 7.63. The zero-order chi connectivity index (χ0) is 16.2. The highest BCUT2D eigenvalue weighted by molar-refractivity contribution is 5.68. The first-order chi connectivity index (χ1) is 10.4. The van der Waals surface area contributed by atoms with E-state index in [4.69, 9.17) is 4.74 Å². The van der Waals surface area contributed by atoms with E-state index in [0.29, 0.717) is 6.04 Å². The van der Waals surface area contributed by atoms with Crippen LogP contribution in [0.1, 0.15) is 53.4 Å². The molecule has 0 aromatic heterocycles. The number of carbonyl (C=O) groups excluding carboxylic acids is 1. The van der Waals surface area contributed by atoms with Crippen LogP contribution in [0, 0.1) is 0 Å². The lowest BCUT2D eigenvalue weighted by molar-refractivity contribution is 0.0436. The number of amides is 1. The lowest BCUT2D eigenvalue weighted by Crippen LogP contribution is -2.53. The van der Waals surface area contributed by atoms with Crippen LogP contribution in [0.25, 0.3) is 0 Å². The molecule has 2 fully saturated rings. The van der Waals surface area contributed by atoms with Gasteiger partial charge in [-0.15, -0.1) is 0 Å². The maximum atomic E-state index is 11.9. The van der Waals surface area contributed by atoms with Crippen molar-refractivity contribution in [1.82, 2.24) is 15.1 Å². The normalized spacial score (nSPS) is 28.4. The van der Waals surface area contributed by atoms with Gasteiger partial charge in [0.25, 0.3) is 0 Å². The van der Waals surface area contributed by atoms with Gasteiger partial charge in [-0.05, 0) is 53.0 Å². The minimum absolute atomic E-state index is 0.262. The van der Waals surface area contributed by atoms with Crippen LogP contribution in [-0.4, -0.2) is 66.3 Å². The molecule has 22 heavy (non-hydrogen) atoms. The third kappa shape index (κ3) is 5.43. The second kappa shape index (κ2) is 7.64. The Kier molecular flexibility index (Phi) is 6.09. The smallest absolute Gasteiger partial charge is 0.407 e. The zero-order valence-corrected chi connectivity index (χ0v) is 14.7. The summed E-state index contributed by atoms with van der Waals surface area (Å²) >= 11 is 0. The third-order valence-corrected chi connectivity index (χ3v) is 4.74. The number of alkyl carbamates (subject to hydrolysis) is 1. The average Bonchev–Trinajstić information content (AvgIpc) is 2.45. The van der Waals surface area contributed by atoms with E-state index in [0.717, 1.165) is 32.5 Å². The number of hydrogen-bond donors (Lipinski definition) is 1. The topological polar surface area (TPSA) is 44.8 Å². The summed E-state index contributed by atoms with van der Waals surface area (Å²) in [6.45, 7) is 13.8. The molecule has 5 nitrogen and oxygen atoms in total. The van der Waals surface area contributed by atoms with Gasteiger partial charge in [-0.1, -0.05) is 6.92 Å². The molecule has 128 valence electrons. The Balaban J connectivity index is 1.78. The van der Waals surface area contributed by atoms with E-state index in [-0.39, 0.29) is 12.1 Å². The van der Waals surface area contributed by atoms with E-state index in [1.807, 2.05) is 20.8 Å². The molecule has 0 aromatic carbocycles. The summed E-state index contributed by atoms with van der Waals surface area (Å²) in [6, 6.07) is 0.880. The van der Waals surface area contributed by atoms with Gasteiger partial charge in [0, 0.05) is 38.3 Å². The standard InChI is InChI=1S/C17H33N3O2/c1-5-19-9-11-20(12-10-19)15-8-6-7-14(13-15)18-16(21)22-17(2,3)4/h14-15H,5-13H2,1-4H3,(H,18,21)/t14-,15-/m1/s1. The van der Waals surface area contributed by atoms with Gasteiger partial charge in [0.15, 0.2) is 0 Å². The van der Waals surface area contributed by atoms with Crippen LogP contribution in [0.2, 0.25) is 0 Å². The number of rotatable bonds is 3. The van der Waals surface area contributed by atoms with E-state index >= 15 is 0 Å². The summed E-state index contributed by atoms with van der Waals surface area (Å²) in [5, 5.41) is 3.07. The van der Waals surface area contributed by atoms with Crippen molar-refractivity contribution in [3.63, 3.8) is 0 Å². The fraction of sp³-hybridized carbons (Fsp3) is 0.941. The van der Waals surface area contributed by atoms with Crippen molar-refractivity contribution in [3.05, 3.63) is 0 Å². The molecule has 1 saturated carbocycles.